The fourth-order valence-corrected chi connectivity index (χ4v) is 4.42. The molecular formula is C29H32N6OS. The van der Waals surface area contributed by atoms with Crippen LogP contribution in [-0.4, -0.2) is 27.0 Å². The van der Waals surface area contributed by atoms with Gasteiger partial charge >= 0.3 is 5.69 Å². The summed E-state index contributed by atoms with van der Waals surface area (Å²) in [5, 5.41) is 0. The number of hydrogen-bond donors (Lipinski definition) is 1. The third-order valence-electron chi connectivity index (χ3n) is 6.14. The number of aliphatic imine (C=N–C) groups is 1. The number of pyridine rings is 1. The van der Waals surface area contributed by atoms with Crippen LogP contribution in [-0.2, 0) is 20.1 Å². The first-order valence-corrected chi connectivity index (χ1v) is 12.6. The Morgan fingerprint density at radius 3 is 2.35 bits per heavy atom. The summed E-state index contributed by atoms with van der Waals surface area (Å²) in [5.41, 5.74) is 10.9. The Balaban J connectivity index is 1.80. The molecule has 2 aromatic heterocycles. The van der Waals surface area contributed by atoms with E-state index in [9.17, 15) is 4.79 Å². The standard InChI is InChI=1S/C29H32N6OS/c1-20(2)19-35-26(30)25(28(37)34(4)29(35)36)27(33(3)23-10-6-5-7-11-23)32-18-21-13-15-22(16-14-21)24-12-8-9-17-31-24/h5-17,20H,18-19,30H2,1-4H3. The van der Waals surface area contributed by atoms with Crippen molar-refractivity contribution < 1.29 is 0 Å². The lowest BCUT2D eigenvalue weighted by molar-refractivity contribution is 0.495. The number of anilines is 2. The zero-order chi connectivity index (χ0) is 26.5. The number of aromatic nitrogens is 3. The molecule has 0 radical (unpaired) electrons. The predicted octanol–water partition coefficient (Wildman–Crippen LogP) is 5.30. The van der Waals surface area contributed by atoms with Crippen LogP contribution >= 0.6 is 12.2 Å². The van der Waals surface area contributed by atoms with Crippen molar-refractivity contribution in [3.63, 3.8) is 0 Å². The topological polar surface area (TPSA) is 81.4 Å². The van der Waals surface area contributed by atoms with E-state index in [1.54, 1.807) is 17.8 Å². The second kappa shape index (κ2) is 11.3. The van der Waals surface area contributed by atoms with E-state index in [0.717, 1.165) is 22.5 Å². The van der Waals surface area contributed by atoms with Gasteiger partial charge in [-0.25, -0.2) is 4.79 Å². The Morgan fingerprint density at radius 1 is 1.05 bits per heavy atom. The number of para-hydroxylation sites is 1. The maximum Gasteiger partial charge on any atom is 0.330 e. The van der Waals surface area contributed by atoms with Gasteiger partial charge in [-0.3, -0.25) is 19.1 Å². The monoisotopic (exact) mass is 512 g/mol. The molecule has 0 atom stereocenters. The summed E-state index contributed by atoms with van der Waals surface area (Å²) in [7, 11) is 3.62. The Hall–Kier alpha value is -4.04. The fraction of sp³-hybridized carbons (Fsp3) is 0.241. The van der Waals surface area contributed by atoms with Gasteiger partial charge in [0, 0.05) is 38.1 Å². The first-order valence-electron chi connectivity index (χ1n) is 12.2. The summed E-state index contributed by atoms with van der Waals surface area (Å²) in [4.78, 5) is 24.4. The van der Waals surface area contributed by atoms with Crippen molar-refractivity contribution in [2.24, 2.45) is 18.0 Å². The highest BCUT2D eigenvalue weighted by Gasteiger charge is 2.22. The number of hydrogen-bond acceptors (Lipinski definition) is 5. The number of nitrogens with two attached hydrogens (primary N) is 1. The second-order valence-electron chi connectivity index (χ2n) is 9.36. The summed E-state index contributed by atoms with van der Waals surface area (Å²) in [6, 6.07) is 24.0. The summed E-state index contributed by atoms with van der Waals surface area (Å²) < 4.78 is 3.42. The predicted molar refractivity (Wildman–Crippen MR) is 155 cm³/mol. The van der Waals surface area contributed by atoms with Crippen LogP contribution < -0.4 is 16.3 Å². The number of amidine groups is 1. The van der Waals surface area contributed by atoms with Gasteiger partial charge in [0.2, 0.25) is 0 Å². The molecule has 2 heterocycles. The maximum absolute atomic E-state index is 13.0. The van der Waals surface area contributed by atoms with Gasteiger partial charge in [-0.15, -0.1) is 0 Å². The highest BCUT2D eigenvalue weighted by Crippen LogP contribution is 2.22. The van der Waals surface area contributed by atoms with Gasteiger partial charge < -0.3 is 10.6 Å². The van der Waals surface area contributed by atoms with Crippen LogP contribution in [0.25, 0.3) is 11.3 Å². The molecule has 0 bridgehead atoms. The minimum Gasteiger partial charge on any atom is -0.384 e. The van der Waals surface area contributed by atoms with Crippen molar-refractivity contribution in [2.45, 2.75) is 26.9 Å². The zero-order valence-corrected chi connectivity index (χ0v) is 22.4. The highest BCUT2D eigenvalue weighted by atomic mass is 32.1. The van der Waals surface area contributed by atoms with Crippen LogP contribution in [0, 0.1) is 10.6 Å². The van der Waals surface area contributed by atoms with Crippen LogP contribution in [0.15, 0.2) is 88.8 Å². The fourth-order valence-electron chi connectivity index (χ4n) is 4.14. The molecule has 0 amide bonds. The van der Waals surface area contributed by atoms with Crippen molar-refractivity contribution in [3.8, 4) is 11.3 Å². The lowest BCUT2D eigenvalue weighted by atomic mass is 10.1. The van der Waals surface area contributed by atoms with Crippen molar-refractivity contribution in [1.82, 2.24) is 14.1 Å². The van der Waals surface area contributed by atoms with Crippen LogP contribution in [0.3, 0.4) is 0 Å². The first kappa shape index (κ1) is 26.0. The largest absolute Gasteiger partial charge is 0.384 e. The molecular weight excluding hydrogens is 480 g/mol. The number of rotatable bonds is 7. The van der Waals surface area contributed by atoms with E-state index >= 15 is 0 Å². The molecule has 0 aliphatic carbocycles. The quantitative estimate of drug-likeness (QED) is 0.206. The maximum atomic E-state index is 13.0. The Labute approximate surface area is 222 Å². The molecule has 0 aliphatic rings. The number of benzene rings is 2. The van der Waals surface area contributed by atoms with Crippen molar-refractivity contribution in [1.29, 1.82) is 0 Å². The van der Waals surface area contributed by atoms with Gasteiger partial charge in [-0.2, -0.15) is 0 Å². The van der Waals surface area contributed by atoms with Crippen molar-refractivity contribution >= 4 is 29.6 Å². The molecule has 2 N–H and O–H groups in total. The average Bonchev–Trinajstić information content (AvgIpc) is 2.92. The molecule has 0 fully saturated rings. The van der Waals surface area contributed by atoms with E-state index < -0.39 is 0 Å². The normalized spacial score (nSPS) is 11.6. The van der Waals surface area contributed by atoms with Crippen LogP contribution in [0.4, 0.5) is 11.5 Å². The molecule has 0 aliphatic heterocycles. The van der Waals surface area contributed by atoms with Crippen molar-refractivity contribution in [2.75, 3.05) is 17.7 Å². The average molecular weight is 513 g/mol. The Morgan fingerprint density at radius 2 is 1.73 bits per heavy atom. The van der Waals surface area contributed by atoms with Crippen LogP contribution in [0.5, 0.6) is 0 Å². The lowest BCUT2D eigenvalue weighted by Crippen LogP contribution is -2.38. The second-order valence-corrected chi connectivity index (χ2v) is 9.74. The molecule has 2 aromatic carbocycles. The van der Waals surface area contributed by atoms with E-state index in [-0.39, 0.29) is 11.6 Å². The zero-order valence-electron chi connectivity index (χ0n) is 21.6. The van der Waals surface area contributed by atoms with Crippen LogP contribution in [0.1, 0.15) is 25.0 Å². The first-order chi connectivity index (χ1) is 17.8. The van der Waals surface area contributed by atoms with Gasteiger partial charge in [0.1, 0.15) is 16.3 Å². The Kier molecular flexibility index (Phi) is 7.98. The summed E-state index contributed by atoms with van der Waals surface area (Å²) in [6.45, 7) is 4.99. The molecule has 4 rings (SSSR count). The van der Waals surface area contributed by atoms with Gasteiger partial charge in [-0.1, -0.05) is 74.6 Å². The van der Waals surface area contributed by atoms with E-state index in [1.807, 2.05) is 98.6 Å². The third kappa shape index (κ3) is 5.70. The van der Waals surface area contributed by atoms with Gasteiger partial charge in [-0.05, 0) is 35.7 Å². The molecule has 4 aromatic rings. The van der Waals surface area contributed by atoms with E-state index in [1.165, 1.54) is 4.57 Å². The molecule has 7 nitrogen and oxygen atoms in total. The lowest BCUT2D eigenvalue weighted by Gasteiger charge is -2.25. The smallest absolute Gasteiger partial charge is 0.330 e. The SMILES string of the molecule is CC(C)Cn1c(N)c(C(=NCc2ccc(-c3ccccn3)cc2)N(C)c2ccccc2)c(=S)n(C)c1=O. The van der Waals surface area contributed by atoms with Crippen LogP contribution in [0.2, 0.25) is 0 Å². The van der Waals surface area contributed by atoms with E-state index in [0.29, 0.717) is 34.9 Å². The summed E-state index contributed by atoms with van der Waals surface area (Å²) in [6.07, 6.45) is 1.79. The molecule has 8 heteroatoms. The molecule has 37 heavy (non-hydrogen) atoms. The van der Waals surface area contributed by atoms with Gasteiger partial charge in [0.15, 0.2) is 0 Å². The van der Waals surface area contributed by atoms with E-state index in [4.69, 9.17) is 22.9 Å². The molecule has 0 saturated carbocycles. The van der Waals surface area contributed by atoms with Gasteiger partial charge in [0.05, 0.1) is 17.8 Å². The molecule has 0 saturated heterocycles. The third-order valence-corrected chi connectivity index (χ3v) is 6.62. The summed E-state index contributed by atoms with van der Waals surface area (Å²) in [5.74, 6) is 1.16. The minimum atomic E-state index is -0.230. The highest BCUT2D eigenvalue weighted by molar-refractivity contribution is 7.71. The molecule has 0 spiro atoms. The Bertz CT molecular complexity index is 1510. The molecule has 190 valence electrons. The number of nitrogen functional groups attached to an aromatic ring is 1. The molecule has 0 unspecified atom stereocenters. The summed E-state index contributed by atoms with van der Waals surface area (Å²) >= 11 is 5.74. The number of nitrogens with zero attached hydrogens (tertiary/aromatic N) is 5. The van der Waals surface area contributed by atoms with E-state index in [2.05, 4.69) is 4.98 Å². The van der Waals surface area contributed by atoms with Gasteiger partial charge in [0.25, 0.3) is 0 Å². The van der Waals surface area contributed by atoms with Crippen molar-refractivity contribution in [3.05, 3.63) is 105 Å². The minimum absolute atomic E-state index is 0.230.